The third kappa shape index (κ3) is 8.37. The molecule has 0 spiro atoms. The Balaban J connectivity index is 1.45. The number of nitrogens with two attached hydrogens (primary N) is 1. The zero-order chi connectivity index (χ0) is 26.8. The molecule has 0 unspecified atom stereocenters. The van der Waals surface area contributed by atoms with E-state index >= 15 is 0 Å². The largest absolute Gasteiger partial charge is 0.348 e. The number of unbranched alkanes of at least 4 members (excludes halogenated alkanes) is 1. The van der Waals surface area contributed by atoms with Crippen LogP contribution >= 0.6 is 0 Å². The molecule has 0 saturated carbocycles. The van der Waals surface area contributed by atoms with Gasteiger partial charge in [0, 0.05) is 18.5 Å². The van der Waals surface area contributed by atoms with E-state index in [1.807, 2.05) is 60.7 Å². The van der Waals surface area contributed by atoms with Crippen LogP contribution in [0.5, 0.6) is 0 Å². The molecular weight excluding hydrogens is 498 g/mol. The van der Waals surface area contributed by atoms with Crippen molar-refractivity contribution in [3.8, 4) is 22.5 Å². The monoisotopic (exact) mass is 531 g/mol. The number of amides is 1. The van der Waals surface area contributed by atoms with Gasteiger partial charge in [-0.1, -0.05) is 78.9 Å². The van der Waals surface area contributed by atoms with E-state index in [2.05, 4.69) is 44.3 Å². The van der Waals surface area contributed by atoms with Gasteiger partial charge in [0.25, 0.3) is 10.2 Å². The van der Waals surface area contributed by atoms with Gasteiger partial charge in [-0.2, -0.15) is 8.42 Å². The Morgan fingerprint density at radius 1 is 0.895 bits per heavy atom. The fraction of sp³-hybridized carbons (Fsp3) is 0.241. The molecule has 4 rings (SSSR count). The number of nitrogens with one attached hydrogen (secondary N) is 3. The van der Waals surface area contributed by atoms with E-state index < -0.39 is 10.2 Å². The van der Waals surface area contributed by atoms with Crippen molar-refractivity contribution in [3.05, 3.63) is 102 Å². The minimum Gasteiger partial charge on any atom is -0.348 e. The summed E-state index contributed by atoms with van der Waals surface area (Å²) in [4.78, 5) is 20.8. The second kappa shape index (κ2) is 13.1. The molecule has 0 saturated heterocycles. The lowest BCUT2D eigenvalue weighted by atomic mass is 10.0. The number of aromatic nitrogens is 2. The van der Waals surface area contributed by atoms with E-state index in [1.165, 1.54) is 0 Å². The smallest absolute Gasteiger partial charge is 0.274 e. The molecule has 0 aliphatic rings. The molecule has 0 radical (unpaired) electrons. The van der Waals surface area contributed by atoms with Crippen LogP contribution < -0.4 is 15.2 Å². The van der Waals surface area contributed by atoms with Crippen LogP contribution in [0.2, 0.25) is 0 Å². The second-order valence-electron chi connectivity index (χ2n) is 9.17. The summed E-state index contributed by atoms with van der Waals surface area (Å²) in [7, 11) is -3.72. The number of carbonyl (C=O) groups is 1. The molecule has 1 heterocycles. The molecular formula is C29H33N5O3S. The Morgan fingerprint density at radius 3 is 2.32 bits per heavy atom. The van der Waals surface area contributed by atoms with Crippen LogP contribution in [0.1, 0.15) is 43.0 Å². The van der Waals surface area contributed by atoms with Crippen molar-refractivity contribution in [2.45, 2.75) is 38.1 Å². The minimum absolute atomic E-state index is 0.0521. The van der Waals surface area contributed by atoms with Gasteiger partial charge >= 0.3 is 0 Å². The van der Waals surface area contributed by atoms with Crippen molar-refractivity contribution in [1.29, 1.82) is 0 Å². The second-order valence-corrected chi connectivity index (χ2v) is 10.6. The van der Waals surface area contributed by atoms with Gasteiger partial charge in [-0.25, -0.2) is 14.8 Å². The average Bonchev–Trinajstić information content (AvgIpc) is 3.42. The van der Waals surface area contributed by atoms with Crippen LogP contribution in [0.25, 0.3) is 22.5 Å². The molecule has 1 aromatic heterocycles. The highest BCUT2D eigenvalue weighted by Gasteiger charge is 2.18. The molecule has 0 aliphatic carbocycles. The first-order valence-electron chi connectivity index (χ1n) is 12.7. The van der Waals surface area contributed by atoms with Crippen LogP contribution in [0, 0.1) is 0 Å². The number of rotatable bonds is 13. The van der Waals surface area contributed by atoms with Crippen molar-refractivity contribution in [3.63, 3.8) is 0 Å². The molecule has 198 valence electrons. The third-order valence-electron chi connectivity index (χ3n) is 6.26. The van der Waals surface area contributed by atoms with Gasteiger partial charge in [0.05, 0.1) is 17.9 Å². The van der Waals surface area contributed by atoms with Crippen molar-refractivity contribution >= 4 is 16.1 Å². The number of carbonyl (C=O) groups excluding carboxylic acids is 1. The summed E-state index contributed by atoms with van der Waals surface area (Å²) in [6, 6.07) is 27.9. The van der Waals surface area contributed by atoms with E-state index in [4.69, 9.17) is 5.14 Å². The topological polar surface area (TPSA) is 130 Å². The third-order valence-corrected chi connectivity index (χ3v) is 6.86. The molecule has 5 N–H and O–H groups in total. The highest BCUT2D eigenvalue weighted by molar-refractivity contribution is 7.87. The van der Waals surface area contributed by atoms with Crippen LogP contribution in [-0.2, 0) is 21.4 Å². The predicted octanol–water partition coefficient (Wildman–Crippen LogP) is 4.50. The lowest BCUT2D eigenvalue weighted by molar-refractivity contribution is -0.121. The number of nitrogens with zero attached hydrogens (tertiary/aromatic N) is 1. The quantitative estimate of drug-likeness (QED) is 0.189. The molecule has 38 heavy (non-hydrogen) atoms. The molecule has 9 heteroatoms. The van der Waals surface area contributed by atoms with Crippen LogP contribution in [0.15, 0.2) is 91.1 Å². The van der Waals surface area contributed by atoms with E-state index in [9.17, 15) is 13.2 Å². The zero-order valence-electron chi connectivity index (χ0n) is 21.1. The Kier molecular flexibility index (Phi) is 9.42. The maximum atomic E-state index is 12.8. The first-order valence-corrected chi connectivity index (χ1v) is 14.2. The van der Waals surface area contributed by atoms with Gasteiger partial charge in [0.2, 0.25) is 5.91 Å². The number of hydrogen-bond donors (Lipinski definition) is 4. The maximum Gasteiger partial charge on any atom is 0.274 e. The fourth-order valence-electron chi connectivity index (χ4n) is 4.30. The zero-order valence-corrected chi connectivity index (χ0v) is 22.0. The fourth-order valence-corrected chi connectivity index (χ4v) is 4.73. The lowest BCUT2D eigenvalue weighted by Crippen LogP contribution is -2.32. The van der Waals surface area contributed by atoms with E-state index in [0.717, 1.165) is 33.8 Å². The summed E-state index contributed by atoms with van der Waals surface area (Å²) < 4.78 is 24.6. The number of hydrogen-bond acceptors (Lipinski definition) is 4. The van der Waals surface area contributed by atoms with Gasteiger partial charge < -0.3 is 10.3 Å². The van der Waals surface area contributed by atoms with Crippen LogP contribution in [0.4, 0.5) is 0 Å². The molecule has 1 amide bonds. The van der Waals surface area contributed by atoms with Gasteiger partial charge in [-0.3, -0.25) is 4.79 Å². The lowest BCUT2D eigenvalue weighted by Gasteiger charge is -2.18. The molecule has 0 fully saturated rings. The van der Waals surface area contributed by atoms with E-state index in [-0.39, 0.29) is 18.5 Å². The highest BCUT2D eigenvalue weighted by Crippen LogP contribution is 2.26. The van der Waals surface area contributed by atoms with E-state index in [1.54, 1.807) is 6.20 Å². The number of aromatic amines is 1. The summed E-state index contributed by atoms with van der Waals surface area (Å²) in [5.41, 5.74) is 5.07. The van der Waals surface area contributed by atoms with Gasteiger partial charge in [0.15, 0.2) is 0 Å². The van der Waals surface area contributed by atoms with Crippen LogP contribution in [-0.4, -0.2) is 30.8 Å². The summed E-state index contributed by atoms with van der Waals surface area (Å²) in [5, 5.41) is 8.15. The SMILES string of the molecule is NS(=O)(=O)NCCCC[C@H](NC(=O)CCc1ccccc1)c1cnc(-c2cccc(-c3ccccc3)c2)[nH]1. The number of benzene rings is 3. The first-order chi connectivity index (χ1) is 18.4. The first kappa shape index (κ1) is 27.3. The average molecular weight is 532 g/mol. The Morgan fingerprint density at radius 2 is 1.58 bits per heavy atom. The maximum absolute atomic E-state index is 12.8. The summed E-state index contributed by atoms with van der Waals surface area (Å²) in [6.45, 7) is 0.244. The normalized spacial score (nSPS) is 12.2. The van der Waals surface area contributed by atoms with Crippen molar-refractivity contribution in [2.75, 3.05) is 6.54 Å². The minimum atomic E-state index is -3.72. The Bertz CT molecular complexity index is 1420. The van der Waals surface area contributed by atoms with Gasteiger partial charge in [-0.05, 0) is 48.4 Å². The molecule has 8 nitrogen and oxygen atoms in total. The van der Waals surface area contributed by atoms with E-state index in [0.29, 0.717) is 32.1 Å². The van der Waals surface area contributed by atoms with Gasteiger partial charge in [-0.15, -0.1) is 0 Å². The van der Waals surface area contributed by atoms with Crippen molar-refractivity contribution in [1.82, 2.24) is 20.0 Å². The van der Waals surface area contributed by atoms with Crippen LogP contribution in [0.3, 0.4) is 0 Å². The summed E-state index contributed by atoms with van der Waals surface area (Å²) in [6.07, 6.45) is 4.67. The Labute approximate surface area is 223 Å². The number of H-pyrrole nitrogens is 1. The molecule has 0 aliphatic heterocycles. The summed E-state index contributed by atoms with van der Waals surface area (Å²) >= 11 is 0. The number of aryl methyl sites for hydroxylation is 1. The Hall–Kier alpha value is -3.79. The molecule has 3 aromatic carbocycles. The highest BCUT2D eigenvalue weighted by atomic mass is 32.2. The molecule has 0 bridgehead atoms. The van der Waals surface area contributed by atoms with Gasteiger partial charge in [0.1, 0.15) is 5.82 Å². The van der Waals surface area contributed by atoms with Crippen molar-refractivity contribution in [2.24, 2.45) is 5.14 Å². The van der Waals surface area contributed by atoms with Crippen molar-refractivity contribution < 1.29 is 13.2 Å². The number of imidazole rings is 1. The predicted molar refractivity (Wildman–Crippen MR) is 150 cm³/mol. The molecule has 1 atom stereocenters. The summed E-state index contributed by atoms with van der Waals surface area (Å²) in [5.74, 6) is 0.668. The molecule has 4 aromatic rings. The standard InChI is InChI=1S/C29H33N5O3S/c30-38(36,37)32-19-8-7-16-26(33-28(35)18-17-22-10-3-1-4-11-22)27-21-31-29(34-27)25-15-9-14-24(20-25)23-12-5-2-6-13-23/h1-6,9-15,20-21,26,32H,7-8,16-19H2,(H,31,34)(H,33,35)(H2,30,36,37)/t26-/m0/s1.